The minimum atomic E-state index is -1.51. The molecule has 0 radical (unpaired) electrons. The lowest BCUT2D eigenvalue weighted by atomic mass is 9.90. The zero-order chi connectivity index (χ0) is 14.0. The molecule has 0 heterocycles. The third-order valence-corrected chi connectivity index (χ3v) is 3.93. The number of benzene rings is 1. The summed E-state index contributed by atoms with van der Waals surface area (Å²) in [5, 5.41) is 0. The molecule has 3 heteroatoms. The smallest absolute Gasteiger partial charge is 0.129 e. The fraction of sp³-hybridized carbons (Fsp3) is 0.375. The van der Waals surface area contributed by atoms with Crippen LogP contribution >= 0.6 is 0 Å². The first-order chi connectivity index (χ1) is 8.92. The SMILES string of the molecule is COc1cccc2c1CCC(F)=C2C#C[Si](C)(C)C. The Morgan fingerprint density at radius 2 is 1.95 bits per heavy atom. The molecule has 100 valence electrons. The van der Waals surface area contributed by atoms with Gasteiger partial charge in [-0.15, -0.1) is 5.54 Å². The molecule has 19 heavy (non-hydrogen) atoms. The van der Waals surface area contributed by atoms with Crippen LogP contribution in [-0.4, -0.2) is 15.2 Å². The molecule has 1 aliphatic rings. The van der Waals surface area contributed by atoms with Crippen molar-refractivity contribution >= 4 is 13.6 Å². The van der Waals surface area contributed by atoms with Crippen LogP contribution in [-0.2, 0) is 6.42 Å². The molecule has 0 unspecified atom stereocenters. The van der Waals surface area contributed by atoms with E-state index in [1.165, 1.54) is 0 Å². The Morgan fingerprint density at radius 3 is 2.58 bits per heavy atom. The van der Waals surface area contributed by atoms with Crippen molar-refractivity contribution < 1.29 is 9.13 Å². The van der Waals surface area contributed by atoms with E-state index in [2.05, 4.69) is 31.1 Å². The van der Waals surface area contributed by atoms with Crippen LogP contribution in [0.25, 0.3) is 5.57 Å². The third kappa shape index (κ3) is 3.08. The van der Waals surface area contributed by atoms with E-state index in [1.807, 2.05) is 18.2 Å². The van der Waals surface area contributed by atoms with E-state index >= 15 is 0 Å². The zero-order valence-corrected chi connectivity index (χ0v) is 12.9. The summed E-state index contributed by atoms with van der Waals surface area (Å²) >= 11 is 0. The van der Waals surface area contributed by atoms with E-state index in [-0.39, 0.29) is 5.83 Å². The summed E-state index contributed by atoms with van der Waals surface area (Å²) in [6.07, 6.45) is 1.10. The molecule has 0 saturated carbocycles. The fourth-order valence-electron chi connectivity index (χ4n) is 2.14. The summed E-state index contributed by atoms with van der Waals surface area (Å²) in [4.78, 5) is 0. The second kappa shape index (κ2) is 5.22. The Hall–Kier alpha value is -1.53. The van der Waals surface area contributed by atoms with Crippen LogP contribution in [0.5, 0.6) is 5.75 Å². The topological polar surface area (TPSA) is 9.23 Å². The first kappa shape index (κ1) is 13.9. The van der Waals surface area contributed by atoms with Gasteiger partial charge in [0.2, 0.25) is 0 Å². The average Bonchev–Trinajstić information content (AvgIpc) is 2.35. The molecular formula is C16H19FOSi. The normalized spacial score (nSPS) is 14.6. The highest BCUT2D eigenvalue weighted by Crippen LogP contribution is 2.36. The average molecular weight is 274 g/mol. The predicted molar refractivity (Wildman–Crippen MR) is 80.5 cm³/mol. The largest absolute Gasteiger partial charge is 0.496 e. The van der Waals surface area contributed by atoms with Gasteiger partial charge < -0.3 is 4.74 Å². The van der Waals surface area contributed by atoms with Crippen molar-refractivity contribution in [1.29, 1.82) is 0 Å². The Kier molecular flexibility index (Phi) is 3.82. The van der Waals surface area contributed by atoms with Gasteiger partial charge in [0.15, 0.2) is 0 Å². The van der Waals surface area contributed by atoms with Crippen LogP contribution in [0.2, 0.25) is 19.6 Å². The molecule has 0 aromatic heterocycles. The van der Waals surface area contributed by atoms with Crippen LogP contribution < -0.4 is 4.74 Å². The molecule has 0 N–H and O–H groups in total. The number of methoxy groups -OCH3 is 1. The lowest BCUT2D eigenvalue weighted by molar-refractivity contribution is 0.408. The number of halogens is 1. The zero-order valence-electron chi connectivity index (χ0n) is 11.9. The Morgan fingerprint density at radius 1 is 1.21 bits per heavy atom. The van der Waals surface area contributed by atoms with Crippen LogP contribution in [0.1, 0.15) is 17.5 Å². The van der Waals surface area contributed by atoms with E-state index in [0.29, 0.717) is 18.4 Å². The molecular weight excluding hydrogens is 255 g/mol. The molecule has 1 aromatic rings. The van der Waals surface area contributed by atoms with Crippen LogP contribution in [0.3, 0.4) is 0 Å². The van der Waals surface area contributed by atoms with E-state index in [9.17, 15) is 4.39 Å². The lowest BCUT2D eigenvalue weighted by Gasteiger charge is -2.19. The highest BCUT2D eigenvalue weighted by Gasteiger charge is 2.21. The second-order valence-electron chi connectivity index (χ2n) is 5.77. The first-order valence-corrected chi connectivity index (χ1v) is 10.0. The van der Waals surface area contributed by atoms with Gasteiger partial charge >= 0.3 is 0 Å². The van der Waals surface area contributed by atoms with Crippen molar-refractivity contribution in [3.8, 4) is 17.2 Å². The number of rotatable bonds is 1. The summed E-state index contributed by atoms with van der Waals surface area (Å²) in [7, 11) is 0.143. The first-order valence-electron chi connectivity index (χ1n) is 6.50. The molecule has 0 saturated heterocycles. The van der Waals surface area contributed by atoms with Gasteiger partial charge in [0, 0.05) is 12.0 Å². The number of ether oxygens (including phenoxy) is 1. The molecule has 1 aliphatic carbocycles. The summed E-state index contributed by atoms with van der Waals surface area (Å²) < 4.78 is 19.4. The Bertz CT molecular complexity index is 585. The number of hydrogen-bond acceptors (Lipinski definition) is 1. The highest BCUT2D eigenvalue weighted by atomic mass is 28.3. The van der Waals surface area contributed by atoms with Crippen molar-refractivity contribution in [2.45, 2.75) is 32.5 Å². The molecule has 0 bridgehead atoms. The minimum Gasteiger partial charge on any atom is -0.496 e. The van der Waals surface area contributed by atoms with Gasteiger partial charge in [0.05, 0.1) is 12.7 Å². The van der Waals surface area contributed by atoms with Crippen molar-refractivity contribution in [3.05, 3.63) is 35.2 Å². The number of fused-ring (bicyclic) bond motifs is 1. The Balaban J connectivity index is 2.53. The van der Waals surface area contributed by atoms with Gasteiger partial charge in [-0.1, -0.05) is 37.7 Å². The van der Waals surface area contributed by atoms with E-state index in [4.69, 9.17) is 4.74 Å². The van der Waals surface area contributed by atoms with E-state index in [1.54, 1.807) is 7.11 Å². The predicted octanol–water partition coefficient (Wildman–Crippen LogP) is 4.20. The van der Waals surface area contributed by atoms with Crippen LogP contribution in [0.4, 0.5) is 4.39 Å². The molecule has 2 rings (SSSR count). The molecule has 0 spiro atoms. The monoisotopic (exact) mass is 274 g/mol. The van der Waals surface area contributed by atoms with E-state index in [0.717, 1.165) is 16.9 Å². The van der Waals surface area contributed by atoms with Gasteiger partial charge in [-0.25, -0.2) is 4.39 Å². The second-order valence-corrected chi connectivity index (χ2v) is 10.5. The van der Waals surface area contributed by atoms with Gasteiger partial charge in [-0.3, -0.25) is 0 Å². The van der Waals surface area contributed by atoms with Crippen LogP contribution in [0, 0.1) is 11.5 Å². The number of hydrogen-bond donors (Lipinski definition) is 0. The van der Waals surface area contributed by atoms with E-state index < -0.39 is 8.07 Å². The quantitative estimate of drug-likeness (QED) is 0.551. The maximum absolute atomic E-state index is 14.1. The fourth-order valence-corrected chi connectivity index (χ4v) is 2.64. The lowest BCUT2D eigenvalue weighted by Crippen LogP contribution is -2.16. The van der Waals surface area contributed by atoms with Gasteiger partial charge in [-0.05, 0) is 18.1 Å². The summed E-state index contributed by atoms with van der Waals surface area (Å²) in [5.41, 5.74) is 5.78. The van der Waals surface area contributed by atoms with Crippen molar-refractivity contribution in [2.75, 3.05) is 7.11 Å². The van der Waals surface area contributed by atoms with Gasteiger partial charge in [0.25, 0.3) is 0 Å². The molecule has 1 aromatic carbocycles. The Labute approximate surface area is 115 Å². The van der Waals surface area contributed by atoms with Crippen molar-refractivity contribution in [1.82, 2.24) is 0 Å². The molecule has 0 fully saturated rings. The molecule has 0 atom stereocenters. The summed E-state index contributed by atoms with van der Waals surface area (Å²) in [6, 6.07) is 5.75. The van der Waals surface area contributed by atoms with Gasteiger partial charge in [-0.2, -0.15) is 0 Å². The summed E-state index contributed by atoms with van der Waals surface area (Å²) in [6.45, 7) is 6.48. The standard InChI is InChI=1S/C16H19FOSi/c1-18-16-7-5-6-12-13(10-11-19(2,3)4)15(17)9-8-14(12)16/h5-7H,8-9H2,1-4H3. The van der Waals surface area contributed by atoms with Crippen molar-refractivity contribution in [3.63, 3.8) is 0 Å². The molecule has 0 amide bonds. The molecule has 0 aliphatic heterocycles. The summed E-state index contributed by atoms with van der Waals surface area (Å²) in [5.74, 6) is 3.82. The minimum absolute atomic E-state index is 0.0912. The number of allylic oxidation sites excluding steroid dienone is 2. The van der Waals surface area contributed by atoms with Crippen LogP contribution in [0.15, 0.2) is 24.0 Å². The maximum Gasteiger partial charge on any atom is 0.129 e. The third-order valence-electron chi connectivity index (χ3n) is 3.05. The van der Waals surface area contributed by atoms with Crippen molar-refractivity contribution in [2.24, 2.45) is 0 Å². The van der Waals surface area contributed by atoms with Gasteiger partial charge in [0.1, 0.15) is 19.7 Å². The molecule has 1 nitrogen and oxygen atoms in total. The maximum atomic E-state index is 14.1. The highest BCUT2D eigenvalue weighted by molar-refractivity contribution is 6.84.